The minimum Gasteiger partial charge on any atom is -0.491 e. The molecule has 31 heavy (non-hydrogen) atoms. The van der Waals surface area contributed by atoms with Crippen LogP contribution in [0.5, 0.6) is 5.75 Å². The van der Waals surface area contributed by atoms with Gasteiger partial charge in [-0.15, -0.1) is 0 Å². The zero-order valence-corrected chi connectivity index (χ0v) is 19.7. The number of anilines is 1. The van der Waals surface area contributed by atoms with Gasteiger partial charge in [0.2, 0.25) is 5.91 Å². The van der Waals surface area contributed by atoms with Gasteiger partial charge in [0, 0.05) is 12.6 Å². The van der Waals surface area contributed by atoms with Crippen molar-refractivity contribution in [1.82, 2.24) is 0 Å². The van der Waals surface area contributed by atoms with Gasteiger partial charge in [-0.2, -0.15) is 0 Å². The molecule has 0 aliphatic carbocycles. The minimum absolute atomic E-state index is 0.0598. The molecule has 0 unspecified atom stereocenters. The molecule has 1 amide bonds. The number of nitrogens with one attached hydrogen (secondary N) is 1. The zero-order chi connectivity index (χ0) is 22.3. The first-order chi connectivity index (χ1) is 14.8. The Bertz CT molecular complexity index is 928. The summed E-state index contributed by atoms with van der Waals surface area (Å²) >= 11 is 0. The highest BCUT2D eigenvalue weighted by atomic mass is 28.4. The summed E-state index contributed by atoms with van der Waals surface area (Å²) < 4.78 is 12.8. The second-order valence-corrected chi connectivity index (χ2v) is 12.9. The fraction of sp³-hybridized carbons (Fsp3) is 0.269. The van der Waals surface area contributed by atoms with Crippen molar-refractivity contribution < 1.29 is 14.0 Å². The smallest absolute Gasteiger partial charge is 0.261 e. The third-order valence-corrected chi connectivity index (χ3v) is 10.3. The predicted molar refractivity (Wildman–Crippen MR) is 130 cm³/mol. The summed E-state index contributed by atoms with van der Waals surface area (Å²) in [6.07, 6.45) is 0. The van der Waals surface area contributed by atoms with E-state index in [1.807, 2.05) is 36.4 Å². The molecule has 0 heterocycles. The fourth-order valence-corrected chi connectivity index (χ4v) is 8.50. The second kappa shape index (κ2) is 9.94. The quantitative estimate of drug-likeness (QED) is 0.417. The summed E-state index contributed by atoms with van der Waals surface area (Å²) in [6, 6.07) is 28.6. The van der Waals surface area contributed by atoms with Gasteiger partial charge in [0.15, 0.2) is 0 Å². The molecule has 3 aromatic carbocycles. The molecule has 4 nitrogen and oxygen atoms in total. The van der Waals surface area contributed by atoms with Crippen LogP contribution in [0.1, 0.15) is 27.7 Å². The molecule has 0 bridgehead atoms. The van der Waals surface area contributed by atoms with Gasteiger partial charge in [-0.25, -0.2) is 0 Å². The third kappa shape index (κ3) is 5.43. The van der Waals surface area contributed by atoms with E-state index in [4.69, 9.17) is 9.16 Å². The average molecular weight is 434 g/mol. The number of benzene rings is 3. The van der Waals surface area contributed by atoms with Crippen LogP contribution in [0.4, 0.5) is 5.69 Å². The number of carbonyl (C=O) groups is 1. The van der Waals surface area contributed by atoms with Gasteiger partial charge in [-0.1, -0.05) is 81.4 Å². The highest BCUT2D eigenvalue weighted by Gasteiger charge is 2.50. The first kappa shape index (κ1) is 22.8. The predicted octanol–water partition coefficient (Wildman–Crippen LogP) is 4.60. The van der Waals surface area contributed by atoms with Crippen molar-refractivity contribution in [1.29, 1.82) is 0 Å². The first-order valence-corrected chi connectivity index (χ1v) is 12.5. The molecule has 0 aliphatic rings. The molecule has 1 N–H and O–H groups in total. The molecule has 3 aromatic rings. The number of amides is 1. The molecule has 0 saturated carbocycles. The van der Waals surface area contributed by atoms with Crippen LogP contribution in [-0.4, -0.2) is 27.4 Å². The van der Waals surface area contributed by atoms with Crippen LogP contribution in [0.3, 0.4) is 0 Å². The highest BCUT2D eigenvalue weighted by Crippen LogP contribution is 2.36. The van der Waals surface area contributed by atoms with Crippen LogP contribution in [0.15, 0.2) is 84.9 Å². The maximum Gasteiger partial charge on any atom is 0.261 e. The van der Waals surface area contributed by atoms with E-state index < -0.39 is 8.32 Å². The Hall–Kier alpha value is -2.89. The Labute approximate surface area is 186 Å². The molecule has 0 radical (unpaired) electrons. The monoisotopic (exact) mass is 433 g/mol. The molecule has 0 saturated heterocycles. The molecule has 0 aromatic heterocycles. The van der Waals surface area contributed by atoms with Crippen LogP contribution >= 0.6 is 0 Å². The second-order valence-electron chi connectivity index (χ2n) is 8.57. The van der Waals surface area contributed by atoms with Crippen LogP contribution in [0.25, 0.3) is 0 Å². The largest absolute Gasteiger partial charge is 0.491 e. The van der Waals surface area contributed by atoms with Crippen LogP contribution in [0.2, 0.25) is 5.04 Å². The summed E-state index contributed by atoms with van der Waals surface area (Å²) in [7, 11) is -2.54. The molecule has 0 spiro atoms. The Morgan fingerprint density at radius 1 is 0.806 bits per heavy atom. The molecule has 5 heteroatoms. The van der Waals surface area contributed by atoms with E-state index in [0.717, 1.165) is 11.4 Å². The summed E-state index contributed by atoms with van der Waals surface area (Å²) in [6.45, 7) is 9.22. The molecule has 0 fully saturated rings. The molecule has 162 valence electrons. The number of rotatable bonds is 8. The summed E-state index contributed by atoms with van der Waals surface area (Å²) in [4.78, 5) is 11.2. The van der Waals surface area contributed by atoms with Crippen LogP contribution < -0.4 is 20.4 Å². The van der Waals surface area contributed by atoms with E-state index in [2.05, 4.69) is 74.6 Å². The standard InChI is InChI=1S/C26H31NO3Si/c1-21(28)27-22-15-17-23(18-16-22)29-19-20-30-31(26(2,3)4,24-11-7-5-8-12-24)25-13-9-6-10-14-25/h5-18H,19-20H2,1-4H3,(H,27,28). The lowest BCUT2D eigenvalue weighted by Crippen LogP contribution is -2.66. The van der Waals surface area contributed by atoms with Crippen molar-refractivity contribution in [2.75, 3.05) is 18.5 Å². The van der Waals surface area contributed by atoms with Gasteiger partial charge in [-0.05, 0) is 39.7 Å². The molecule has 0 aliphatic heterocycles. The lowest BCUT2D eigenvalue weighted by molar-refractivity contribution is -0.114. The van der Waals surface area contributed by atoms with Crippen molar-refractivity contribution in [3.8, 4) is 5.75 Å². The average Bonchev–Trinajstić information content (AvgIpc) is 2.75. The van der Waals surface area contributed by atoms with Gasteiger partial charge in [0.05, 0.1) is 6.61 Å². The van der Waals surface area contributed by atoms with Crippen molar-refractivity contribution in [2.45, 2.75) is 32.7 Å². The number of hydrogen-bond acceptors (Lipinski definition) is 3. The summed E-state index contributed by atoms with van der Waals surface area (Å²) in [5.74, 6) is 0.660. The van der Waals surface area contributed by atoms with Crippen LogP contribution in [-0.2, 0) is 9.22 Å². The Morgan fingerprint density at radius 3 is 1.77 bits per heavy atom. The van der Waals surface area contributed by atoms with Crippen molar-refractivity contribution in [2.24, 2.45) is 0 Å². The zero-order valence-electron chi connectivity index (χ0n) is 18.7. The van der Waals surface area contributed by atoms with Gasteiger partial charge in [0.25, 0.3) is 8.32 Å². The minimum atomic E-state index is -2.54. The Kier molecular flexibility index (Phi) is 7.31. The molecule has 3 rings (SSSR count). The topological polar surface area (TPSA) is 47.6 Å². The van der Waals surface area contributed by atoms with E-state index >= 15 is 0 Å². The number of carbonyl (C=O) groups excluding carboxylic acids is 1. The summed E-state index contributed by atoms with van der Waals surface area (Å²) in [5.41, 5.74) is 0.753. The van der Waals surface area contributed by atoms with E-state index in [-0.39, 0.29) is 10.9 Å². The molecule has 0 atom stereocenters. The van der Waals surface area contributed by atoms with Crippen molar-refractivity contribution >= 4 is 30.3 Å². The van der Waals surface area contributed by atoms with Crippen molar-refractivity contribution in [3.63, 3.8) is 0 Å². The lowest BCUT2D eigenvalue weighted by atomic mass is 10.2. The lowest BCUT2D eigenvalue weighted by Gasteiger charge is -2.43. The van der Waals surface area contributed by atoms with Gasteiger partial charge < -0.3 is 14.5 Å². The maximum absolute atomic E-state index is 11.2. The summed E-state index contributed by atoms with van der Waals surface area (Å²) in [5, 5.41) is 5.21. The fourth-order valence-electron chi connectivity index (χ4n) is 3.95. The first-order valence-electron chi connectivity index (χ1n) is 10.6. The number of hydrogen-bond donors (Lipinski definition) is 1. The van der Waals surface area contributed by atoms with Crippen molar-refractivity contribution in [3.05, 3.63) is 84.9 Å². The Balaban J connectivity index is 1.78. The van der Waals surface area contributed by atoms with E-state index in [0.29, 0.717) is 13.2 Å². The molecular formula is C26H31NO3Si. The number of ether oxygens (including phenoxy) is 1. The molecular weight excluding hydrogens is 402 g/mol. The normalized spacial score (nSPS) is 11.7. The van der Waals surface area contributed by atoms with E-state index in [9.17, 15) is 4.79 Å². The SMILES string of the molecule is CC(=O)Nc1ccc(OCCO[Si](c2ccccc2)(c2ccccc2)C(C)(C)C)cc1. The third-order valence-electron chi connectivity index (χ3n) is 5.26. The van der Waals surface area contributed by atoms with Gasteiger partial charge >= 0.3 is 0 Å². The van der Waals surface area contributed by atoms with E-state index in [1.54, 1.807) is 0 Å². The maximum atomic E-state index is 11.2. The Morgan fingerprint density at radius 2 is 1.32 bits per heavy atom. The van der Waals surface area contributed by atoms with Gasteiger partial charge in [-0.3, -0.25) is 4.79 Å². The highest BCUT2D eigenvalue weighted by molar-refractivity contribution is 6.99. The van der Waals surface area contributed by atoms with Crippen LogP contribution in [0, 0.1) is 0 Å². The van der Waals surface area contributed by atoms with E-state index in [1.165, 1.54) is 17.3 Å². The van der Waals surface area contributed by atoms with Gasteiger partial charge in [0.1, 0.15) is 12.4 Å².